The quantitative estimate of drug-likeness (QED) is 0.783. The number of rotatable bonds is 4. The number of likely N-dealkylation sites (N-methyl/N-ethyl adjacent to an activating group) is 1. The first kappa shape index (κ1) is 15.8. The summed E-state index contributed by atoms with van der Waals surface area (Å²) in [7, 11) is 1.93. The molecule has 1 aliphatic rings. The minimum absolute atomic E-state index is 0.196. The second-order valence-electron chi connectivity index (χ2n) is 6.12. The molecule has 1 aliphatic heterocycles. The van der Waals surface area contributed by atoms with Crippen LogP contribution in [0, 0.1) is 0 Å². The highest BCUT2D eigenvalue weighted by molar-refractivity contribution is 5.74. The molecule has 1 aromatic rings. The highest BCUT2D eigenvalue weighted by atomic mass is 16.3. The van der Waals surface area contributed by atoms with Crippen LogP contribution in [0.4, 0.5) is 4.79 Å². The van der Waals surface area contributed by atoms with E-state index in [1.165, 1.54) is 5.56 Å². The fraction of sp³-hybridized carbons (Fsp3) is 0.562. The van der Waals surface area contributed by atoms with Gasteiger partial charge in [-0.25, -0.2) is 4.79 Å². The lowest BCUT2D eigenvalue weighted by atomic mass is 10.0. The van der Waals surface area contributed by atoms with Gasteiger partial charge in [0.25, 0.3) is 0 Å². The number of carbonyl (C=O) groups excluding carboxylic acids is 1. The molecule has 5 heteroatoms. The summed E-state index contributed by atoms with van der Waals surface area (Å²) >= 11 is 0. The molecule has 0 saturated carbocycles. The van der Waals surface area contributed by atoms with Crippen molar-refractivity contribution in [3.05, 3.63) is 35.4 Å². The summed E-state index contributed by atoms with van der Waals surface area (Å²) < 4.78 is 0. The Morgan fingerprint density at radius 3 is 2.52 bits per heavy atom. The van der Waals surface area contributed by atoms with Crippen molar-refractivity contribution in [3.8, 4) is 0 Å². The minimum atomic E-state index is -0.494. The Morgan fingerprint density at radius 2 is 2.00 bits per heavy atom. The first-order chi connectivity index (χ1) is 9.95. The zero-order valence-corrected chi connectivity index (χ0v) is 13.0. The molecule has 2 rings (SSSR count). The molecule has 3 N–H and O–H groups in total. The molecular formula is C16H25N3O2. The van der Waals surface area contributed by atoms with Gasteiger partial charge in [0.15, 0.2) is 0 Å². The SMILES string of the molecule is CC(C)c1ccc(CNC(=O)N[C@@H]2CN(C)C[C@H]2O)cc1. The van der Waals surface area contributed by atoms with Crippen LogP contribution in [-0.2, 0) is 6.54 Å². The van der Waals surface area contributed by atoms with Crippen LogP contribution in [0.25, 0.3) is 0 Å². The molecule has 0 spiro atoms. The van der Waals surface area contributed by atoms with Gasteiger partial charge in [-0.3, -0.25) is 0 Å². The van der Waals surface area contributed by atoms with Crippen molar-refractivity contribution >= 4 is 6.03 Å². The van der Waals surface area contributed by atoms with Gasteiger partial charge in [-0.1, -0.05) is 38.1 Å². The summed E-state index contributed by atoms with van der Waals surface area (Å²) in [6.45, 7) is 6.08. The molecule has 5 nitrogen and oxygen atoms in total. The number of amides is 2. The predicted molar refractivity (Wildman–Crippen MR) is 83.2 cm³/mol. The lowest BCUT2D eigenvalue weighted by molar-refractivity contribution is 0.156. The van der Waals surface area contributed by atoms with Crippen LogP contribution in [0.3, 0.4) is 0 Å². The Morgan fingerprint density at radius 1 is 1.33 bits per heavy atom. The first-order valence-electron chi connectivity index (χ1n) is 7.45. The highest BCUT2D eigenvalue weighted by Crippen LogP contribution is 2.14. The molecule has 0 unspecified atom stereocenters. The number of aliphatic hydroxyl groups is 1. The van der Waals surface area contributed by atoms with Crippen molar-refractivity contribution in [2.45, 2.75) is 38.5 Å². The largest absolute Gasteiger partial charge is 0.390 e. The highest BCUT2D eigenvalue weighted by Gasteiger charge is 2.30. The number of hydrogen-bond donors (Lipinski definition) is 3. The van der Waals surface area contributed by atoms with E-state index in [-0.39, 0.29) is 12.1 Å². The molecule has 116 valence electrons. The molecule has 0 aliphatic carbocycles. The smallest absolute Gasteiger partial charge is 0.315 e. The van der Waals surface area contributed by atoms with E-state index in [0.717, 1.165) is 5.56 Å². The number of hydrogen-bond acceptors (Lipinski definition) is 3. The van der Waals surface area contributed by atoms with Crippen LogP contribution >= 0.6 is 0 Å². The summed E-state index contributed by atoms with van der Waals surface area (Å²) in [5.74, 6) is 0.510. The summed E-state index contributed by atoms with van der Waals surface area (Å²) in [4.78, 5) is 13.8. The van der Waals surface area contributed by atoms with Crippen LogP contribution in [0.5, 0.6) is 0 Å². The van der Waals surface area contributed by atoms with E-state index < -0.39 is 6.10 Å². The lowest BCUT2D eigenvalue weighted by Gasteiger charge is -2.16. The number of aliphatic hydroxyl groups excluding tert-OH is 1. The summed E-state index contributed by atoms with van der Waals surface area (Å²) in [6.07, 6.45) is -0.494. The molecule has 0 aromatic heterocycles. The number of nitrogens with one attached hydrogen (secondary N) is 2. The lowest BCUT2D eigenvalue weighted by Crippen LogP contribution is -2.47. The Balaban J connectivity index is 1.78. The van der Waals surface area contributed by atoms with Gasteiger partial charge in [0.2, 0.25) is 0 Å². The number of carbonyl (C=O) groups is 1. The van der Waals surface area contributed by atoms with Gasteiger partial charge < -0.3 is 20.6 Å². The number of urea groups is 1. The van der Waals surface area contributed by atoms with Crippen molar-refractivity contribution < 1.29 is 9.90 Å². The van der Waals surface area contributed by atoms with Crippen LogP contribution < -0.4 is 10.6 Å². The third-order valence-electron chi connectivity index (χ3n) is 3.89. The second-order valence-corrected chi connectivity index (χ2v) is 6.12. The summed E-state index contributed by atoms with van der Waals surface area (Å²) in [6, 6.07) is 7.83. The molecule has 1 aromatic carbocycles. The van der Waals surface area contributed by atoms with E-state index in [2.05, 4.69) is 36.6 Å². The summed E-state index contributed by atoms with van der Waals surface area (Å²) in [5, 5.41) is 15.4. The Hall–Kier alpha value is -1.59. The van der Waals surface area contributed by atoms with Crippen molar-refractivity contribution in [2.75, 3.05) is 20.1 Å². The summed E-state index contributed by atoms with van der Waals surface area (Å²) in [5.41, 5.74) is 2.36. The Labute approximate surface area is 126 Å². The first-order valence-corrected chi connectivity index (χ1v) is 7.45. The van der Waals surface area contributed by atoms with Gasteiger partial charge in [-0.15, -0.1) is 0 Å². The van der Waals surface area contributed by atoms with E-state index in [1.807, 2.05) is 24.1 Å². The van der Waals surface area contributed by atoms with Gasteiger partial charge in [-0.2, -0.15) is 0 Å². The topological polar surface area (TPSA) is 64.6 Å². The van der Waals surface area contributed by atoms with Crippen LogP contribution in [0.15, 0.2) is 24.3 Å². The fourth-order valence-electron chi connectivity index (χ4n) is 2.54. The van der Waals surface area contributed by atoms with Crippen LogP contribution in [-0.4, -0.2) is 48.3 Å². The van der Waals surface area contributed by atoms with E-state index in [9.17, 15) is 9.90 Å². The van der Waals surface area contributed by atoms with E-state index >= 15 is 0 Å². The van der Waals surface area contributed by atoms with Crippen molar-refractivity contribution in [1.29, 1.82) is 0 Å². The number of nitrogens with zero attached hydrogens (tertiary/aromatic N) is 1. The number of benzene rings is 1. The average molecular weight is 291 g/mol. The van der Waals surface area contributed by atoms with Crippen molar-refractivity contribution in [3.63, 3.8) is 0 Å². The zero-order valence-electron chi connectivity index (χ0n) is 13.0. The molecule has 0 radical (unpaired) electrons. The van der Waals surface area contributed by atoms with Crippen molar-refractivity contribution in [1.82, 2.24) is 15.5 Å². The van der Waals surface area contributed by atoms with Crippen LogP contribution in [0.2, 0.25) is 0 Å². The third-order valence-corrected chi connectivity index (χ3v) is 3.89. The number of β-amino-alcohol motifs (C(OH)–C–C–N with tert-alkyl or cyclic N) is 1. The van der Waals surface area contributed by atoms with E-state index in [0.29, 0.717) is 25.6 Å². The van der Waals surface area contributed by atoms with Gasteiger partial charge in [0.05, 0.1) is 12.1 Å². The van der Waals surface area contributed by atoms with E-state index in [4.69, 9.17) is 0 Å². The standard InChI is InChI=1S/C16H25N3O2/c1-11(2)13-6-4-12(5-7-13)8-17-16(21)18-14-9-19(3)10-15(14)20/h4-7,11,14-15,20H,8-10H2,1-3H3,(H2,17,18,21)/t14-,15-/m1/s1. The maximum absolute atomic E-state index is 11.8. The minimum Gasteiger partial charge on any atom is -0.390 e. The second kappa shape index (κ2) is 6.91. The maximum Gasteiger partial charge on any atom is 0.315 e. The average Bonchev–Trinajstić information content (AvgIpc) is 2.75. The maximum atomic E-state index is 11.8. The number of likely N-dealkylation sites (tertiary alicyclic amines) is 1. The molecule has 1 saturated heterocycles. The molecule has 21 heavy (non-hydrogen) atoms. The Bertz CT molecular complexity index is 473. The monoisotopic (exact) mass is 291 g/mol. The molecular weight excluding hydrogens is 266 g/mol. The normalized spacial score (nSPS) is 22.5. The zero-order chi connectivity index (χ0) is 15.4. The molecule has 1 fully saturated rings. The molecule has 1 heterocycles. The van der Waals surface area contributed by atoms with Gasteiger partial charge in [-0.05, 0) is 24.1 Å². The molecule has 2 amide bonds. The molecule has 0 bridgehead atoms. The third kappa shape index (κ3) is 4.44. The Kier molecular flexibility index (Phi) is 5.20. The fourth-order valence-corrected chi connectivity index (χ4v) is 2.54. The van der Waals surface area contributed by atoms with Gasteiger partial charge in [0, 0.05) is 19.6 Å². The van der Waals surface area contributed by atoms with Gasteiger partial charge in [0.1, 0.15) is 0 Å². The molecule has 2 atom stereocenters. The van der Waals surface area contributed by atoms with E-state index in [1.54, 1.807) is 0 Å². The van der Waals surface area contributed by atoms with Crippen molar-refractivity contribution in [2.24, 2.45) is 0 Å². The van der Waals surface area contributed by atoms with Gasteiger partial charge >= 0.3 is 6.03 Å². The van der Waals surface area contributed by atoms with Crippen LogP contribution in [0.1, 0.15) is 30.9 Å². The predicted octanol–water partition coefficient (Wildman–Crippen LogP) is 1.28.